The SMILES string of the molecule is Cc1cccnc1[As]. The van der Waals surface area contributed by atoms with E-state index in [0.29, 0.717) is 0 Å². The molecule has 0 amide bonds. The van der Waals surface area contributed by atoms with Gasteiger partial charge >= 0.3 is 57.1 Å². The Labute approximate surface area is 57.6 Å². The molecule has 2 heteroatoms. The van der Waals surface area contributed by atoms with Crippen LogP contribution in [0.3, 0.4) is 0 Å². The summed E-state index contributed by atoms with van der Waals surface area (Å²) in [6.45, 7) is 2.04. The number of pyridine rings is 1. The molecular weight excluding hydrogens is 161 g/mol. The van der Waals surface area contributed by atoms with E-state index in [1.54, 1.807) is 6.20 Å². The molecule has 0 aliphatic rings. The molecular formula is C6H6AsN. The number of hydrogen-bond donors (Lipinski definition) is 0. The minimum atomic E-state index is 1.06. The Morgan fingerprint density at radius 3 is 2.75 bits per heavy atom. The molecule has 0 unspecified atom stereocenters. The van der Waals surface area contributed by atoms with Gasteiger partial charge in [0.2, 0.25) is 0 Å². The summed E-state index contributed by atoms with van der Waals surface area (Å²) >= 11 is 2.43. The molecule has 1 nitrogen and oxygen atoms in total. The van der Waals surface area contributed by atoms with Crippen molar-refractivity contribution in [1.29, 1.82) is 0 Å². The van der Waals surface area contributed by atoms with Gasteiger partial charge in [0.25, 0.3) is 0 Å². The third-order valence-electron chi connectivity index (χ3n) is 0.982. The Morgan fingerprint density at radius 2 is 2.38 bits per heavy atom. The summed E-state index contributed by atoms with van der Waals surface area (Å²) in [6.07, 6.45) is 1.79. The molecule has 0 saturated heterocycles. The Hall–Kier alpha value is -0.292. The number of aromatic nitrogens is 1. The average Bonchev–Trinajstić information content (AvgIpc) is 1.77. The van der Waals surface area contributed by atoms with Crippen molar-refractivity contribution in [2.75, 3.05) is 0 Å². The summed E-state index contributed by atoms with van der Waals surface area (Å²) in [5, 5.41) is 0. The van der Waals surface area contributed by atoms with Crippen LogP contribution >= 0.6 is 0 Å². The molecule has 1 heterocycles. The molecule has 0 saturated carbocycles. The van der Waals surface area contributed by atoms with Crippen molar-refractivity contribution in [3.63, 3.8) is 0 Å². The standard InChI is InChI=1S/C6H6AsN/c1-5-3-2-4-8-6(5)7/h2-4H,1H3. The normalized spacial score (nSPS) is 9.25. The van der Waals surface area contributed by atoms with Gasteiger partial charge in [-0.1, -0.05) is 0 Å². The number of hydrogen-bond acceptors (Lipinski definition) is 1. The molecule has 0 atom stereocenters. The van der Waals surface area contributed by atoms with Gasteiger partial charge in [0.15, 0.2) is 0 Å². The molecule has 2 radical (unpaired) electrons. The van der Waals surface area contributed by atoms with E-state index in [4.69, 9.17) is 0 Å². The van der Waals surface area contributed by atoms with E-state index < -0.39 is 0 Å². The van der Waals surface area contributed by atoms with Crippen LogP contribution in [0.5, 0.6) is 0 Å². The molecule has 40 valence electrons. The molecule has 1 aromatic rings. The Bertz CT molecular complexity index is 165. The van der Waals surface area contributed by atoms with Crippen molar-refractivity contribution < 1.29 is 0 Å². The van der Waals surface area contributed by atoms with Crippen LogP contribution < -0.4 is 4.48 Å². The first-order chi connectivity index (χ1) is 3.80. The predicted molar refractivity (Wildman–Crippen MR) is 34.4 cm³/mol. The van der Waals surface area contributed by atoms with E-state index in [9.17, 15) is 0 Å². The molecule has 0 N–H and O–H groups in total. The zero-order valence-corrected chi connectivity index (χ0v) is 6.50. The Kier molecular flexibility index (Phi) is 1.69. The van der Waals surface area contributed by atoms with Gasteiger partial charge in [-0.3, -0.25) is 0 Å². The molecule has 1 aromatic heterocycles. The van der Waals surface area contributed by atoms with Crippen LogP contribution in [0, 0.1) is 6.92 Å². The summed E-state index contributed by atoms with van der Waals surface area (Å²) in [5.41, 5.74) is 1.23. The van der Waals surface area contributed by atoms with Crippen molar-refractivity contribution in [3.8, 4) is 0 Å². The van der Waals surface area contributed by atoms with Gasteiger partial charge in [-0.15, -0.1) is 0 Å². The number of aryl methyl sites for hydroxylation is 1. The van der Waals surface area contributed by atoms with E-state index in [-0.39, 0.29) is 0 Å². The van der Waals surface area contributed by atoms with Gasteiger partial charge in [0.05, 0.1) is 0 Å². The van der Waals surface area contributed by atoms with Gasteiger partial charge in [-0.05, 0) is 0 Å². The van der Waals surface area contributed by atoms with E-state index in [1.165, 1.54) is 5.56 Å². The number of rotatable bonds is 0. The van der Waals surface area contributed by atoms with E-state index in [0.717, 1.165) is 4.48 Å². The average molecular weight is 167 g/mol. The maximum atomic E-state index is 4.05. The molecule has 0 bridgehead atoms. The molecule has 0 aliphatic carbocycles. The zero-order valence-electron chi connectivity index (χ0n) is 4.63. The van der Waals surface area contributed by atoms with Crippen LogP contribution in [0.2, 0.25) is 0 Å². The van der Waals surface area contributed by atoms with Crippen molar-refractivity contribution in [1.82, 2.24) is 4.98 Å². The molecule has 0 spiro atoms. The van der Waals surface area contributed by atoms with Crippen molar-refractivity contribution in [2.24, 2.45) is 0 Å². The molecule has 0 aliphatic heterocycles. The first kappa shape index (κ1) is 5.84. The third-order valence-corrected chi connectivity index (χ3v) is 1.96. The second-order valence-corrected chi connectivity index (χ2v) is 2.53. The monoisotopic (exact) mass is 167 g/mol. The topological polar surface area (TPSA) is 12.9 Å². The van der Waals surface area contributed by atoms with E-state index in [2.05, 4.69) is 21.8 Å². The van der Waals surface area contributed by atoms with Crippen LogP contribution in [0.25, 0.3) is 0 Å². The minimum absolute atomic E-state index is 1.06. The maximum absolute atomic E-state index is 4.05. The summed E-state index contributed by atoms with van der Waals surface area (Å²) in [4.78, 5) is 4.05. The van der Waals surface area contributed by atoms with Crippen LogP contribution in [-0.2, 0) is 0 Å². The summed E-state index contributed by atoms with van der Waals surface area (Å²) in [7, 11) is 0. The molecule has 0 aromatic carbocycles. The zero-order chi connectivity index (χ0) is 5.98. The molecule has 1 rings (SSSR count). The van der Waals surface area contributed by atoms with Crippen molar-refractivity contribution >= 4 is 21.3 Å². The van der Waals surface area contributed by atoms with Gasteiger partial charge < -0.3 is 0 Å². The van der Waals surface area contributed by atoms with Crippen LogP contribution in [0.15, 0.2) is 18.3 Å². The van der Waals surface area contributed by atoms with Gasteiger partial charge in [-0.25, -0.2) is 0 Å². The predicted octanol–water partition coefficient (Wildman–Crippen LogP) is 0.184. The Morgan fingerprint density at radius 1 is 1.62 bits per heavy atom. The second-order valence-electron chi connectivity index (χ2n) is 1.64. The van der Waals surface area contributed by atoms with Crippen LogP contribution in [0.1, 0.15) is 5.56 Å². The third kappa shape index (κ3) is 1.10. The summed E-state index contributed by atoms with van der Waals surface area (Å²) in [6, 6.07) is 3.98. The van der Waals surface area contributed by atoms with Crippen LogP contribution in [0.4, 0.5) is 0 Å². The summed E-state index contributed by atoms with van der Waals surface area (Å²) < 4.78 is 1.06. The van der Waals surface area contributed by atoms with Crippen molar-refractivity contribution in [2.45, 2.75) is 6.92 Å². The first-order valence-corrected chi connectivity index (χ1v) is 3.35. The van der Waals surface area contributed by atoms with Gasteiger partial charge in [0, 0.05) is 0 Å². The summed E-state index contributed by atoms with van der Waals surface area (Å²) in [5.74, 6) is 0. The molecule has 0 fully saturated rings. The van der Waals surface area contributed by atoms with E-state index >= 15 is 0 Å². The Balaban J connectivity index is 3.13. The van der Waals surface area contributed by atoms with Gasteiger partial charge in [0.1, 0.15) is 0 Å². The quantitative estimate of drug-likeness (QED) is 0.502. The number of nitrogens with zero attached hydrogens (tertiary/aromatic N) is 1. The first-order valence-electron chi connectivity index (χ1n) is 2.41. The second kappa shape index (κ2) is 2.32. The van der Waals surface area contributed by atoms with E-state index in [1.807, 2.05) is 19.1 Å². The molecule has 8 heavy (non-hydrogen) atoms. The van der Waals surface area contributed by atoms with Crippen molar-refractivity contribution in [3.05, 3.63) is 23.9 Å². The van der Waals surface area contributed by atoms with Gasteiger partial charge in [-0.2, -0.15) is 0 Å². The fourth-order valence-corrected chi connectivity index (χ4v) is 0.774. The van der Waals surface area contributed by atoms with Crippen LogP contribution in [-0.4, -0.2) is 21.8 Å². The fourth-order valence-electron chi connectivity index (χ4n) is 0.477. The fraction of sp³-hybridized carbons (Fsp3) is 0.167.